The Labute approximate surface area is 134 Å². The highest BCUT2D eigenvalue weighted by molar-refractivity contribution is 6.17. The van der Waals surface area contributed by atoms with E-state index >= 15 is 0 Å². The van der Waals surface area contributed by atoms with Gasteiger partial charge in [-0.15, -0.1) is 11.6 Å². The molecule has 3 heterocycles. The zero-order valence-corrected chi connectivity index (χ0v) is 13.6. The smallest absolute Gasteiger partial charge is 0.297 e. The number of nitrogens with zero attached hydrogens (tertiary/aromatic N) is 4. The Morgan fingerprint density at radius 1 is 1.23 bits per heavy atom. The summed E-state index contributed by atoms with van der Waals surface area (Å²) in [5.41, 5.74) is 4.51. The van der Waals surface area contributed by atoms with E-state index in [0.29, 0.717) is 18.5 Å². The molecular weight excluding hydrogens is 300 g/mol. The highest BCUT2D eigenvalue weighted by Gasteiger charge is 2.18. The van der Waals surface area contributed by atoms with E-state index in [-0.39, 0.29) is 0 Å². The predicted molar refractivity (Wildman–Crippen MR) is 88.7 cm³/mol. The van der Waals surface area contributed by atoms with Crippen LogP contribution in [0.25, 0.3) is 22.1 Å². The number of aromatic nitrogens is 4. The van der Waals surface area contributed by atoms with E-state index in [1.165, 1.54) is 0 Å². The Hall–Kier alpha value is -1.88. The third-order valence-corrected chi connectivity index (χ3v) is 3.88. The number of halogens is 1. The highest BCUT2D eigenvalue weighted by atomic mass is 35.5. The topological polar surface area (TPSA) is 52.8 Å². The summed E-state index contributed by atoms with van der Waals surface area (Å²) >= 11 is 5.80. The fraction of sp³-hybridized carbons (Fsp3) is 0.438. The van der Waals surface area contributed by atoms with Crippen LogP contribution in [-0.2, 0) is 6.54 Å². The van der Waals surface area contributed by atoms with Gasteiger partial charge in [0.05, 0.1) is 17.8 Å². The molecule has 3 aromatic rings. The lowest BCUT2D eigenvalue weighted by Gasteiger charge is -2.09. The summed E-state index contributed by atoms with van der Waals surface area (Å²) in [7, 11) is 0. The van der Waals surface area contributed by atoms with Gasteiger partial charge in [0, 0.05) is 18.6 Å². The van der Waals surface area contributed by atoms with Crippen LogP contribution in [0.1, 0.15) is 25.5 Å². The quantitative estimate of drug-likeness (QED) is 0.513. The van der Waals surface area contributed by atoms with Gasteiger partial charge in [0.2, 0.25) is 0 Å². The van der Waals surface area contributed by atoms with Crippen molar-refractivity contribution in [1.29, 1.82) is 0 Å². The lowest BCUT2D eigenvalue weighted by atomic mass is 10.2. The van der Waals surface area contributed by atoms with Gasteiger partial charge in [0.25, 0.3) is 6.01 Å². The van der Waals surface area contributed by atoms with Crippen LogP contribution in [-0.4, -0.2) is 32.0 Å². The monoisotopic (exact) mass is 318 g/mol. The summed E-state index contributed by atoms with van der Waals surface area (Å²) in [5.74, 6) is 0.663. The largest absolute Gasteiger partial charge is 0.465 e. The van der Waals surface area contributed by atoms with Gasteiger partial charge in [-0.1, -0.05) is 0 Å². The van der Waals surface area contributed by atoms with Gasteiger partial charge in [0.15, 0.2) is 0 Å². The average Bonchev–Trinajstić information content (AvgIpc) is 2.88. The number of aryl methyl sites for hydroxylation is 2. The SMILES string of the molecule is CCOc1nc2c(C)nc3cccnc3c2n1CCCCCl. The minimum absolute atomic E-state index is 0.580. The van der Waals surface area contributed by atoms with Crippen LogP contribution in [0.15, 0.2) is 18.3 Å². The van der Waals surface area contributed by atoms with Gasteiger partial charge in [0.1, 0.15) is 16.6 Å². The van der Waals surface area contributed by atoms with Crippen molar-refractivity contribution in [3.63, 3.8) is 0 Å². The molecule has 0 aliphatic carbocycles. The summed E-state index contributed by atoms with van der Waals surface area (Å²) in [6, 6.07) is 4.51. The average molecular weight is 319 g/mol. The molecule has 0 saturated heterocycles. The van der Waals surface area contributed by atoms with E-state index < -0.39 is 0 Å². The molecule has 0 radical (unpaired) electrons. The lowest BCUT2D eigenvalue weighted by molar-refractivity contribution is 0.297. The van der Waals surface area contributed by atoms with Gasteiger partial charge in [-0.25, -0.2) is 4.98 Å². The first kappa shape index (κ1) is 15.0. The fourth-order valence-electron chi connectivity index (χ4n) is 2.64. The Morgan fingerprint density at radius 3 is 2.86 bits per heavy atom. The molecule has 0 unspecified atom stereocenters. The molecule has 0 amide bonds. The van der Waals surface area contributed by atoms with Crippen molar-refractivity contribution in [3.05, 3.63) is 24.0 Å². The van der Waals surface area contributed by atoms with Crippen LogP contribution < -0.4 is 4.74 Å². The van der Waals surface area contributed by atoms with Crippen molar-refractivity contribution in [2.24, 2.45) is 0 Å². The zero-order valence-electron chi connectivity index (χ0n) is 12.8. The van der Waals surface area contributed by atoms with Crippen molar-refractivity contribution in [2.75, 3.05) is 12.5 Å². The molecule has 3 rings (SSSR count). The van der Waals surface area contributed by atoms with Crippen LogP contribution >= 0.6 is 11.6 Å². The lowest BCUT2D eigenvalue weighted by Crippen LogP contribution is -2.05. The van der Waals surface area contributed by atoms with E-state index in [0.717, 1.165) is 47.1 Å². The van der Waals surface area contributed by atoms with Gasteiger partial charge in [-0.3, -0.25) is 9.55 Å². The third-order valence-electron chi connectivity index (χ3n) is 3.61. The molecule has 5 nitrogen and oxygen atoms in total. The minimum Gasteiger partial charge on any atom is -0.465 e. The van der Waals surface area contributed by atoms with Crippen LogP contribution in [0.3, 0.4) is 0 Å². The molecule has 0 atom stereocenters. The Kier molecular flexibility index (Phi) is 4.43. The first-order chi connectivity index (χ1) is 10.8. The molecule has 0 aliphatic rings. The second-order valence-corrected chi connectivity index (χ2v) is 5.52. The summed E-state index contributed by atoms with van der Waals surface area (Å²) in [6.07, 6.45) is 3.72. The highest BCUT2D eigenvalue weighted by Crippen LogP contribution is 2.29. The van der Waals surface area contributed by atoms with E-state index in [4.69, 9.17) is 16.3 Å². The summed E-state index contributed by atoms with van der Waals surface area (Å²) < 4.78 is 7.83. The molecule has 0 spiro atoms. The number of pyridine rings is 2. The number of ether oxygens (including phenoxy) is 1. The minimum atomic E-state index is 0.580. The molecular formula is C16H19ClN4O. The number of hydrogen-bond acceptors (Lipinski definition) is 4. The molecule has 0 fully saturated rings. The number of alkyl halides is 1. The molecule has 0 aliphatic heterocycles. The van der Waals surface area contributed by atoms with Gasteiger partial charge >= 0.3 is 0 Å². The summed E-state index contributed by atoms with van der Waals surface area (Å²) in [5, 5.41) is 0. The van der Waals surface area contributed by atoms with Crippen LogP contribution in [0.4, 0.5) is 0 Å². The molecule has 0 saturated carbocycles. The number of unbranched alkanes of at least 4 members (excludes halogenated alkanes) is 1. The Balaban J connectivity index is 2.24. The zero-order chi connectivity index (χ0) is 15.5. The maximum Gasteiger partial charge on any atom is 0.297 e. The predicted octanol–water partition coefficient (Wildman–Crippen LogP) is 3.71. The van der Waals surface area contributed by atoms with Crippen LogP contribution in [0.2, 0.25) is 0 Å². The van der Waals surface area contributed by atoms with Crippen molar-refractivity contribution in [1.82, 2.24) is 19.5 Å². The van der Waals surface area contributed by atoms with Gasteiger partial charge in [-0.2, -0.15) is 4.98 Å². The second kappa shape index (κ2) is 6.48. The van der Waals surface area contributed by atoms with Crippen molar-refractivity contribution >= 4 is 33.7 Å². The maximum absolute atomic E-state index is 5.80. The molecule has 3 aromatic heterocycles. The molecule has 22 heavy (non-hydrogen) atoms. The van der Waals surface area contributed by atoms with Crippen molar-refractivity contribution in [2.45, 2.75) is 33.2 Å². The number of rotatable bonds is 6. The standard InChI is InChI=1S/C16H19ClN4O/c1-3-22-16-20-13-11(2)19-12-7-6-9-18-14(12)15(13)21(16)10-5-4-8-17/h6-7,9H,3-5,8,10H2,1-2H3. The summed E-state index contributed by atoms with van der Waals surface area (Å²) in [4.78, 5) is 13.7. The van der Waals surface area contributed by atoms with E-state index in [1.54, 1.807) is 6.20 Å². The van der Waals surface area contributed by atoms with E-state index in [9.17, 15) is 0 Å². The Morgan fingerprint density at radius 2 is 2.09 bits per heavy atom. The van der Waals surface area contributed by atoms with E-state index in [2.05, 4.69) is 19.5 Å². The van der Waals surface area contributed by atoms with Crippen molar-refractivity contribution in [3.8, 4) is 6.01 Å². The van der Waals surface area contributed by atoms with Crippen LogP contribution in [0.5, 0.6) is 6.01 Å². The first-order valence-corrected chi connectivity index (χ1v) is 8.10. The van der Waals surface area contributed by atoms with Crippen molar-refractivity contribution < 1.29 is 4.74 Å². The number of imidazole rings is 1. The van der Waals surface area contributed by atoms with Crippen LogP contribution in [0, 0.1) is 6.92 Å². The molecule has 0 aromatic carbocycles. The third kappa shape index (κ3) is 2.61. The van der Waals surface area contributed by atoms with Gasteiger partial charge in [-0.05, 0) is 38.8 Å². The molecule has 6 heteroatoms. The van der Waals surface area contributed by atoms with Gasteiger partial charge < -0.3 is 4.74 Å². The Bertz CT molecular complexity index is 800. The maximum atomic E-state index is 5.80. The normalized spacial score (nSPS) is 11.4. The van der Waals surface area contributed by atoms with E-state index in [1.807, 2.05) is 26.0 Å². The number of fused-ring (bicyclic) bond motifs is 3. The second-order valence-electron chi connectivity index (χ2n) is 5.14. The fourth-order valence-corrected chi connectivity index (χ4v) is 2.83. The molecule has 0 N–H and O–H groups in total. The molecule has 0 bridgehead atoms. The number of hydrogen-bond donors (Lipinski definition) is 0. The summed E-state index contributed by atoms with van der Waals surface area (Å²) in [6.45, 7) is 5.33. The first-order valence-electron chi connectivity index (χ1n) is 7.56. The molecule has 116 valence electrons.